The lowest BCUT2D eigenvalue weighted by atomic mass is 9.52. The smallest absolute Gasteiger partial charge is 0.0977 e. The second-order valence-electron chi connectivity index (χ2n) is 5.59. The van der Waals surface area contributed by atoms with Gasteiger partial charge in [0.1, 0.15) is 0 Å². The van der Waals surface area contributed by atoms with E-state index in [-0.39, 0.29) is 18.8 Å². The highest BCUT2D eigenvalue weighted by molar-refractivity contribution is 5.15. The summed E-state index contributed by atoms with van der Waals surface area (Å²) in [6.07, 6.45) is 0.246. The molecule has 1 rings (SSSR count). The molecule has 0 bridgehead atoms. The molecule has 1 saturated carbocycles. The minimum atomic E-state index is -1.13. The number of hydrogen-bond donors (Lipinski definition) is 2. The molecule has 3 N–H and O–H groups in total. The third-order valence-corrected chi connectivity index (χ3v) is 4.10. The van der Waals surface area contributed by atoms with Crippen molar-refractivity contribution in [3.8, 4) is 0 Å². The van der Waals surface area contributed by atoms with E-state index in [1.165, 1.54) is 0 Å². The van der Waals surface area contributed by atoms with Gasteiger partial charge in [0, 0.05) is 11.0 Å². The van der Waals surface area contributed by atoms with Gasteiger partial charge in [-0.3, -0.25) is 8.78 Å². The fourth-order valence-electron chi connectivity index (χ4n) is 2.33. The van der Waals surface area contributed by atoms with E-state index in [4.69, 9.17) is 5.73 Å². The van der Waals surface area contributed by atoms with Gasteiger partial charge in [0.15, 0.2) is 0 Å². The number of hydrogen-bond acceptors (Lipinski definition) is 2. The molecule has 0 aromatic carbocycles. The molecule has 0 aromatic heterocycles. The van der Waals surface area contributed by atoms with Crippen molar-refractivity contribution in [3.05, 3.63) is 0 Å². The SMILES string of the molecule is CC(C)C(C)(N)C1(O)CC(CF)(CF)C1. The van der Waals surface area contributed by atoms with E-state index < -0.39 is 29.9 Å². The van der Waals surface area contributed by atoms with Gasteiger partial charge in [0.05, 0.1) is 19.0 Å². The fraction of sp³-hybridized carbons (Fsp3) is 1.00. The van der Waals surface area contributed by atoms with Gasteiger partial charge in [0.25, 0.3) is 0 Å². The third kappa shape index (κ3) is 1.78. The molecular weight excluding hydrogens is 200 g/mol. The van der Waals surface area contributed by atoms with Crippen molar-refractivity contribution in [1.82, 2.24) is 0 Å². The summed E-state index contributed by atoms with van der Waals surface area (Å²) in [5.41, 5.74) is 3.14. The summed E-state index contributed by atoms with van der Waals surface area (Å²) < 4.78 is 25.3. The molecule has 90 valence electrons. The Labute approximate surface area is 89.8 Å². The van der Waals surface area contributed by atoms with E-state index in [1.807, 2.05) is 13.8 Å². The Bertz CT molecular complexity index is 229. The van der Waals surface area contributed by atoms with Crippen LogP contribution in [0.4, 0.5) is 8.78 Å². The van der Waals surface area contributed by atoms with Crippen molar-refractivity contribution in [2.45, 2.75) is 44.8 Å². The van der Waals surface area contributed by atoms with Crippen LogP contribution in [0, 0.1) is 11.3 Å². The van der Waals surface area contributed by atoms with Crippen LogP contribution in [0.25, 0.3) is 0 Å². The highest BCUT2D eigenvalue weighted by atomic mass is 19.1. The summed E-state index contributed by atoms with van der Waals surface area (Å²) in [6, 6.07) is 0. The third-order valence-electron chi connectivity index (χ3n) is 4.10. The average molecular weight is 221 g/mol. The van der Waals surface area contributed by atoms with Crippen LogP contribution in [0.3, 0.4) is 0 Å². The van der Waals surface area contributed by atoms with Crippen LogP contribution in [0.5, 0.6) is 0 Å². The standard InChI is InChI=1S/C11H21F2NO/c1-8(2)9(3,14)11(15)4-10(5-11,6-12)7-13/h8,15H,4-7,14H2,1-3H3. The molecule has 1 fully saturated rings. The van der Waals surface area contributed by atoms with Crippen LogP contribution in [-0.2, 0) is 0 Å². The molecular formula is C11H21F2NO. The zero-order chi connectivity index (χ0) is 11.9. The zero-order valence-electron chi connectivity index (χ0n) is 9.69. The van der Waals surface area contributed by atoms with Crippen molar-refractivity contribution in [2.75, 3.05) is 13.3 Å². The molecule has 1 aliphatic rings. The molecule has 0 radical (unpaired) electrons. The fourth-order valence-corrected chi connectivity index (χ4v) is 2.33. The summed E-state index contributed by atoms with van der Waals surface area (Å²) >= 11 is 0. The molecule has 0 saturated heterocycles. The van der Waals surface area contributed by atoms with Gasteiger partial charge in [0.2, 0.25) is 0 Å². The molecule has 0 heterocycles. The Morgan fingerprint density at radius 2 is 1.73 bits per heavy atom. The van der Waals surface area contributed by atoms with E-state index in [0.717, 1.165) is 0 Å². The molecule has 4 heteroatoms. The zero-order valence-corrected chi connectivity index (χ0v) is 9.69. The number of aliphatic hydroxyl groups is 1. The second kappa shape index (κ2) is 3.67. The maximum absolute atomic E-state index is 12.6. The van der Waals surface area contributed by atoms with Gasteiger partial charge in [-0.2, -0.15) is 0 Å². The van der Waals surface area contributed by atoms with E-state index in [1.54, 1.807) is 6.92 Å². The minimum absolute atomic E-state index is 0.0692. The lowest BCUT2D eigenvalue weighted by molar-refractivity contribution is -0.189. The minimum Gasteiger partial charge on any atom is -0.388 e. The van der Waals surface area contributed by atoms with Crippen molar-refractivity contribution in [3.63, 3.8) is 0 Å². The van der Waals surface area contributed by atoms with Gasteiger partial charge in [-0.25, -0.2) is 0 Å². The molecule has 1 unspecified atom stereocenters. The predicted molar refractivity (Wildman–Crippen MR) is 56.0 cm³/mol. The first-order valence-electron chi connectivity index (χ1n) is 5.36. The number of nitrogens with two attached hydrogens (primary N) is 1. The Hall–Kier alpha value is -0.220. The van der Waals surface area contributed by atoms with Crippen LogP contribution in [0.1, 0.15) is 33.6 Å². The van der Waals surface area contributed by atoms with Crippen molar-refractivity contribution in [1.29, 1.82) is 0 Å². The molecule has 2 nitrogen and oxygen atoms in total. The molecule has 1 atom stereocenters. The molecule has 0 spiro atoms. The number of rotatable bonds is 4. The Balaban J connectivity index is 2.76. The topological polar surface area (TPSA) is 46.2 Å². The summed E-state index contributed by atoms with van der Waals surface area (Å²) in [7, 11) is 0. The lowest BCUT2D eigenvalue weighted by Gasteiger charge is -2.59. The predicted octanol–water partition coefficient (Wildman–Crippen LogP) is 1.81. The molecule has 0 aliphatic heterocycles. The summed E-state index contributed by atoms with van der Waals surface area (Å²) in [4.78, 5) is 0. The number of alkyl halides is 2. The quantitative estimate of drug-likeness (QED) is 0.760. The molecule has 0 amide bonds. The monoisotopic (exact) mass is 221 g/mol. The molecule has 0 aromatic rings. The van der Waals surface area contributed by atoms with Gasteiger partial charge in [-0.1, -0.05) is 13.8 Å². The van der Waals surface area contributed by atoms with Gasteiger partial charge in [-0.05, 0) is 25.7 Å². The van der Waals surface area contributed by atoms with Crippen LogP contribution in [-0.4, -0.2) is 29.6 Å². The van der Waals surface area contributed by atoms with E-state index in [9.17, 15) is 13.9 Å². The van der Waals surface area contributed by atoms with Crippen molar-refractivity contribution < 1.29 is 13.9 Å². The first kappa shape index (κ1) is 12.8. The van der Waals surface area contributed by atoms with Gasteiger partial charge in [-0.15, -0.1) is 0 Å². The van der Waals surface area contributed by atoms with Crippen LogP contribution >= 0.6 is 0 Å². The summed E-state index contributed by atoms with van der Waals surface area (Å²) in [5.74, 6) is 0.0692. The van der Waals surface area contributed by atoms with Crippen LogP contribution in [0.15, 0.2) is 0 Å². The molecule has 15 heavy (non-hydrogen) atoms. The Morgan fingerprint density at radius 1 is 1.33 bits per heavy atom. The summed E-state index contributed by atoms with van der Waals surface area (Å²) in [5, 5.41) is 10.2. The maximum Gasteiger partial charge on any atom is 0.0977 e. The Kier molecular flexibility index (Phi) is 3.14. The highest BCUT2D eigenvalue weighted by Crippen LogP contribution is 2.54. The van der Waals surface area contributed by atoms with Gasteiger partial charge >= 0.3 is 0 Å². The van der Waals surface area contributed by atoms with Gasteiger partial charge < -0.3 is 10.8 Å². The largest absolute Gasteiger partial charge is 0.388 e. The van der Waals surface area contributed by atoms with Crippen molar-refractivity contribution in [2.24, 2.45) is 17.1 Å². The van der Waals surface area contributed by atoms with Crippen LogP contribution in [0.2, 0.25) is 0 Å². The summed E-state index contributed by atoms with van der Waals surface area (Å²) in [6.45, 7) is 4.11. The average Bonchev–Trinajstić information content (AvgIpc) is 2.12. The first-order valence-corrected chi connectivity index (χ1v) is 5.36. The lowest BCUT2D eigenvalue weighted by Crippen LogP contribution is -2.71. The van der Waals surface area contributed by atoms with Crippen LogP contribution < -0.4 is 5.73 Å². The second-order valence-corrected chi connectivity index (χ2v) is 5.59. The first-order chi connectivity index (χ1) is 6.73. The molecule has 1 aliphatic carbocycles. The number of halogens is 2. The Morgan fingerprint density at radius 3 is 2.00 bits per heavy atom. The highest BCUT2D eigenvalue weighted by Gasteiger charge is 2.61. The van der Waals surface area contributed by atoms with E-state index >= 15 is 0 Å². The van der Waals surface area contributed by atoms with E-state index in [2.05, 4.69) is 0 Å². The van der Waals surface area contributed by atoms with E-state index in [0.29, 0.717) is 0 Å². The normalized spacial score (nSPS) is 27.2. The maximum atomic E-state index is 12.6. The van der Waals surface area contributed by atoms with Crippen molar-refractivity contribution >= 4 is 0 Å².